The molecule has 25 heavy (non-hydrogen) atoms. The standard InChI is InChI=1S/C18H23F2N3O2/c19-17(20)13-6-4-12(5-7-13)10-23-9-8-14(11-23)21-18(25)15-2-1-3-16(24)22-15/h4-7,14-15,17H,1-3,8-11H2,(H,21,25)(H,22,24)/t14-,15+/m0/s1. The molecule has 1 aromatic carbocycles. The van der Waals surface area contributed by atoms with Crippen LogP contribution < -0.4 is 10.6 Å². The van der Waals surface area contributed by atoms with Crippen LogP contribution in [0.4, 0.5) is 8.78 Å². The molecule has 7 heteroatoms. The number of hydrogen-bond acceptors (Lipinski definition) is 3. The second-order valence-electron chi connectivity index (χ2n) is 6.78. The monoisotopic (exact) mass is 351 g/mol. The molecule has 0 spiro atoms. The van der Waals surface area contributed by atoms with Gasteiger partial charge in [-0.3, -0.25) is 14.5 Å². The summed E-state index contributed by atoms with van der Waals surface area (Å²) in [5, 5.41) is 5.74. The van der Waals surface area contributed by atoms with E-state index in [4.69, 9.17) is 0 Å². The molecule has 3 rings (SSSR count). The smallest absolute Gasteiger partial charge is 0.263 e. The Kier molecular flexibility index (Phi) is 5.63. The van der Waals surface area contributed by atoms with Crippen molar-refractivity contribution in [1.29, 1.82) is 0 Å². The summed E-state index contributed by atoms with van der Waals surface area (Å²) in [6.45, 7) is 2.25. The van der Waals surface area contributed by atoms with E-state index in [1.165, 1.54) is 12.1 Å². The quantitative estimate of drug-likeness (QED) is 0.853. The minimum Gasteiger partial charge on any atom is -0.350 e. The Morgan fingerprint density at radius 2 is 2.04 bits per heavy atom. The first kappa shape index (κ1) is 17.8. The van der Waals surface area contributed by atoms with E-state index in [1.54, 1.807) is 12.1 Å². The van der Waals surface area contributed by atoms with Crippen molar-refractivity contribution in [3.63, 3.8) is 0 Å². The van der Waals surface area contributed by atoms with Crippen LogP contribution in [0.3, 0.4) is 0 Å². The van der Waals surface area contributed by atoms with Crippen LogP contribution in [0, 0.1) is 0 Å². The molecule has 2 amide bonds. The average Bonchev–Trinajstić information content (AvgIpc) is 3.02. The van der Waals surface area contributed by atoms with Gasteiger partial charge < -0.3 is 10.6 Å². The maximum atomic E-state index is 12.6. The van der Waals surface area contributed by atoms with Gasteiger partial charge in [0, 0.05) is 37.7 Å². The summed E-state index contributed by atoms with van der Waals surface area (Å²) in [5.41, 5.74) is 1.01. The molecule has 5 nitrogen and oxygen atoms in total. The van der Waals surface area contributed by atoms with E-state index in [-0.39, 0.29) is 23.4 Å². The lowest BCUT2D eigenvalue weighted by atomic mass is 10.0. The van der Waals surface area contributed by atoms with Crippen LogP contribution in [0.5, 0.6) is 0 Å². The lowest BCUT2D eigenvalue weighted by molar-refractivity contribution is -0.131. The Morgan fingerprint density at radius 3 is 2.72 bits per heavy atom. The predicted octanol–water partition coefficient (Wildman–Crippen LogP) is 1.98. The van der Waals surface area contributed by atoms with E-state index in [9.17, 15) is 18.4 Å². The Hall–Kier alpha value is -2.02. The van der Waals surface area contributed by atoms with E-state index in [1.807, 2.05) is 0 Å². The van der Waals surface area contributed by atoms with Crippen LogP contribution in [-0.2, 0) is 16.1 Å². The van der Waals surface area contributed by atoms with Crippen LogP contribution in [0.2, 0.25) is 0 Å². The summed E-state index contributed by atoms with van der Waals surface area (Å²) in [4.78, 5) is 25.8. The van der Waals surface area contributed by atoms with Crippen molar-refractivity contribution in [3.05, 3.63) is 35.4 Å². The van der Waals surface area contributed by atoms with E-state index in [2.05, 4.69) is 15.5 Å². The highest BCUT2D eigenvalue weighted by Crippen LogP contribution is 2.20. The highest BCUT2D eigenvalue weighted by atomic mass is 19.3. The van der Waals surface area contributed by atoms with Crippen molar-refractivity contribution in [2.24, 2.45) is 0 Å². The second-order valence-corrected chi connectivity index (χ2v) is 6.78. The lowest BCUT2D eigenvalue weighted by Gasteiger charge is -2.24. The van der Waals surface area contributed by atoms with Crippen molar-refractivity contribution in [3.8, 4) is 0 Å². The van der Waals surface area contributed by atoms with Gasteiger partial charge in [0.1, 0.15) is 6.04 Å². The van der Waals surface area contributed by atoms with Gasteiger partial charge in [0.25, 0.3) is 6.43 Å². The number of amides is 2. The van der Waals surface area contributed by atoms with Gasteiger partial charge in [-0.25, -0.2) is 8.78 Å². The summed E-state index contributed by atoms with van der Waals surface area (Å²) in [6.07, 6.45) is 0.327. The van der Waals surface area contributed by atoms with Crippen molar-refractivity contribution >= 4 is 11.8 Å². The summed E-state index contributed by atoms with van der Waals surface area (Å²) in [6, 6.07) is 6.02. The minimum atomic E-state index is -2.44. The van der Waals surface area contributed by atoms with Crippen LogP contribution in [-0.4, -0.2) is 41.9 Å². The molecule has 2 aliphatic heterocycles. The fourth-order valence-electron chi connectivity index (χ4n) is 3.42. The van der Waals surface area contributed by atoms with Crippen LogP contribution >= 0.6 is 0 Å². The molecule has 2 N–H and O–H groups in total. The summed E-state index contributed by atoms with van der Waals surface area (Å²) in [5.74, 6) is -0.173. The predicted molar refractivity (Wildman–Crippen MR) is 89.0 cm³/mol. The zero-order valence-electron chi connectivity index (χ0n) is 14.0. The van der Waals surface area contributed by atoms with Gasteiger partial charge in [-0.1, -0.05) is 24.3 Å². The molecule has 0 radical (unpaired) electrons. The lowest BCUT2D eigenvalue weighted by Crippen LogP contribution is -2.51. The highest BCUT2D eigenvalue weighted by molar-refractivity contribution is 5.88. The number of benzene rings is 1. The summed E-state index contributed by atoms with van der Waals surface area (Å²) < 4.78 is 25.2. The molecule has 1 aromatic rings. The third kappa shape index (κ3) is 4.75. The van der Waals surface area contributed by atoms with E-state index in [0.29, 0.717) is 19.4 Å². The largest absolute Gasteiger partial charge is 0.350 e. The molecule has 2 atom stereocenters. The second kappa shape index (κ2) is 7.91. The number of piperidine rings is 1. The molecule has 0 bridgehead atoms. The number of nitrogens with zero attached hydrogens (tertiary/aromatic N) is 1. The number of rotatable bonds is 5. The fraction of sp³-hybridized carbons (Fsp3) is 0.556. The van der Waals surface area contributed by atoms with E-state index >= 15 is 0 Å². The Bertz CT molecular complexity index is 621. The molecule has 136 valence electrons. The van der Waals surface area contributed by atoms with Crippen molar-refractivity contribution in [2.45, 2.75) is 50.7 Å². The number of halogens is 2. The van der Waals surface area contributed by atoms with Crippen LogP contribution in [0.15, 0.2) is 24.3 Å². The molecule has 2 fully saturated rings. The van der Waals surface area contributed by atoms with E-state index < -0.39 is 12.5 Å². The van der Waals surface area contributed by atoms with Crippen molar-refractivity contribution in [2.75, 3.05) is 13.1 Å². The maximum absolute atomic E-state index is 12.6. The van der Waals surface area contributed by atoms with Gasteiger partial charge >= 0.3 is 0 Å². The first-order valence-electron chi connectivity index (χ1n) is 8.70. The molecule has 2 saturated heterocycles. The molecule has 0 aromatic heterocycles. The Balaban J connectivity index is 1.46. The number of likely N-dealkylation sites (tertiary alicyclic amines) is 1. The zero-order valence-corrected chi connectivity index (χ0v) is 14.0. The maximum Gasteiger partial charge on any atom is 0.263 e. The number of carbonyl (C=O) groups excluding carboxylic acids is 2. The van der Waals surface area contributed by atoms with Gasteiger partial charge in [0.05, 0.1) is 0 Å². The Morgan fingerprint density at radius 1 is 1.28 bits per heavy atom. The molecular weight excluding hydrogens is 328 g/mol. The fourth-order valence-corrected chi connectivity index (χ4v) is 3.42. The molecule has 0 saturated carbocycles. The molecular formula is C18H23F2N3O2. The van der Waals surface area contributed by atoms with Gasteiger partial charge in [0.2, 0.25) is 11.8 Å². The van der Waals surface area contributed by atoms with Crippen LogP contribution in [0.25, 0.3) is 0 Å². The number of nitrogens with one attached hydrogen (secondary N) is 2. The van der Waals surface area contributed by atoms with Gasteiger partial charge in [0.15, 0.2) is 0 Å². The minimum absolute atomic E-state index is 0.0323. The van der Waals surface area contributed by atoms with Gasteiger partial charge in [-0.15, -0.1) is 0 Å². The third-order valence-electron chi connectivity index (χ3n) is 4.80. The number of alkyl halides is 2. The summed E-state index contributed by atoms with van der Waals surface area (Å²) in [7, 11) is 0. The third-order valence-corrected chi connectivity index (χ3v) is 4.80. The van der Waals surface area contributed by atoms with Crippen LogP contribution in [0.1, 0.15) is 43.2 Å². The van der Waals surface area contributed by atoms with Crippen molar-refractivity contribution < 1.29 is 18.4 Å². The Labute approximate surface area is 145 Å². The molecule has 0 unspecified atom stereocenters. The van der Waals surface area contributed by atoms with Gasteiger partial charge in [-0.2, -0.15) is 0 Å². The average molecular weight is 351 g/mol. The molecule has 2 heterocycles. The molecule has 2 aliphatic rings. The zero-order chi connectivity index (χ0) is 17.8. The topological polar surface area (TPSA) is 61.4 Å². The number of carbonyl (C=O) groups is 2. The first-order valence-corrected chi connectivity index (χ1v) is 8.70. The first-order chi connectivity index (χ1) is 12.0. The normalized spacial score (nSPS) is 24.4. The van der Waals surface area contributed by atoms with E-state index in [0.717, 1.165) is 31.5 Å². The summed E-state index contributed by atoms with van der Waals surface area (Å²) >= 11 is 0. The number of hydrogen-bond donors (Lipinski definition) is 2. The van der Waals surface area contributed by atoms with Crippen molar-refractivity contribution in [1.82, 2.24) is 15.5 Å². The van der Waals surface area contributed by atoms with Gasteiger partial charge in [-0.05, 0) is 24.8 Å². The highest BCUT2D eigenvalue weighted by Gasteiger charge is 2.29. The molecule has 0 aliphatic carbocycles. The SMILES string of the molecule is O=C1CCC[C@H](C(=O)N[C@H]2CCN(Cc3ccc(C(F)F)cc3)C2)N1.